The Balaban J connectivity index is 1.52. The highest BCUT2D eigenvalue weighted by atomic mass is 35.5. The molecular weight excluding hydrogens is 518 g/mol. The Morgan fingerprint density at radius 3 is 2.43 bits per heavy atom. The number of nitrogens with zero attached hydrogens (tertiary/aromatic N) is 4. The molecule has 1 fully saturated rings. The van der Waals surface area contributed by atoms with Gasteiger partial charge in [0.1, 0.15) is 5.82 Å². The smallest absolute Gasteiger partial charge is 0.229 e. The van der Waals surface area contributed by atoms with E-state index in [-0.39, 0.29) is 29.6 Å². The van der Waals surface area contributed by atoms with E-state index >= 15 is 0 Å². The van der Waals surface area contributed by atoms with Crippen molar-refractivity contribution in [3.05, 3.63) is 64.2 Å². The molecule has 0 spiro atoms. The van der Waals surface area contributed by atoms with Crippen molar-refractivity contribution in [1.82, 2.24) is 25.3 Å². The van der Waals surface area contributed by atoms with Gasteiger partial charge in [0.05, 0.1) is 45.6 Å². The predicted molar refractivity (Wildman–Crippen MR) is 141 cm³/mol. The van der Waals surface area contributed by atoms with Crippen molar-refractivity contribution in [3.8, 4) is 11.1 Å². The number of rotatable bonds is 7. The van der Waals surface area contributed by atoms with Gasteiger partial charge in [0.15, 0.2) is 5.82 Å². The Kier molecular flexibility index (Phi) is 7.96. The van der Waals surface area contributed by atoms with Gasteiger partial charge in [-0.2, -0.15) is 0 Å². The van der Waals surface area contributed by atoms with E-state index in [1.54, 1.807) is 24.5 Å². The summed E-state index contributed by atoms with van der Waals surface area (Å²) in [6.45, 7) is 9.93. The number of carbonyl (C=O) groups excluding carboxylic acids is 1. The average molecular weight is 547 g/mol. The monoisotopic (exact) mass is 546 g/mol. The van der Waals surface area contributed by atoms with Crippen LogP contribution in [0.25, 0.3) is 11.1 Å². The van der Waals surface area contributed by atoms with Crippen LogP contribution >= 0.6 is 23.2 Å². The first-order valence-electron chi connectivity index (χ1n) is 11.9. The van der Waals surface area contributed by atoms with E-state index in [9.17, 15) is 9.18 Å². The predicted octanol–water partition coefficient (Wildman–Crippen LogP) is 5.59. The van der Waals surface area contributed by atoms with Crippen LogP contribution in [0.3, 0.4) is 0 Å². The largest absolute Gasteiger partial charge is 0.373 e. The zero-order chi connectivity index (χ0) is 26.9. The van der Waals surface area contributed by atoms with Crippen LogP contribution in [0.4, 0.5) is 10.3 Å². The molecule has 0 saturated carbocycles. The van der Waals surface area contributed by atoms with Crippen LogP contribution in [-0.4, -0.2) is 44.1 Å². The molecule has 4 atom stereocenters. The lowest BCUT2D eigenvalue weighted by Crippen LogP contribution is -2.34. The maximum absolute atomic E-state index is 14.9. The summed E-state index contributed by atoms with van der Waals surface area (Å²) >= 11 is 12.1. The van der Waals surface area contributed by atoms with E-state index in [0.717, 1.165) is 17.3 Å². The van der Waals surface area contributed by atoms with Crippen molar-refractivity contribution in [2.45, 2.75) is 58.3 Å². The summed E-state index contributed by atoms with van der Waals surface area (Å²) < 4.78 is 20.9. The molecule has 3 heterocycles. The molecule has 3 aromatic rings. The van der Waals surface area contributed by atoms with Gasteiger partial charge in [-0.15, -0.1) is 0 Å². The molecule has 1 aliphatic rings. The molecule has 1 aliphatic heterocycles. The van der Waals surface area contributed by atoms with Gasteiger partial charge in [-0.3, -0.25) is 4.79 Å². The molecule has 0 aliphatic carbocycles. The third-order valence-corrected chi connectivity index (χ3v) is 6.83. The zero-order valence-electron chi connectivity index (χ0n) is 21.2. The number of anilines is 1. The van der Waals surface area contributed by atoms with Crippen molar-refractivity contribution in [2.24, 2.45) is 5.92 Å². The molecule has 1 saturated heterocycles. The van der Waals surface area contributed by atoms with Crippen LogP contribution < -0.4 is 10.6 Å². The van der Waals surface area contributed by atoms with Crippen molar-refractivity contribution in [3.63, 3.8) is 0 Å². The summed E-state index contributed by atoms with van der Waals surface area (Å²) in [5.74, 6) is -1.34. The standard InChI is InChI=1S/C26H29Cl2FN6O2/c1-13(23-30-9-16(10-31-23)15-6-7-18(27)19(28)8-15)34-25-33-12-20(29)22(35-25)21-17(11-32-24(21)36)14(2)37-26(3,4)5/h6-10,12-14,17,21H,11H2,1-5H3,(H,32,36)(H,33,34,35)/t13?,14-,17-,21?/m1/s1. The summed E-state index contributed by atoms with van der Waals surface area (Å²) in [7, 11) is 0. The van der Waals surface area contributed by atoms with Gasteiger partial charge in [0, 0.05) is 30.4 Å². The first-order valence-corrected chi connectivity index (χ1v) is 12.7. The molecule has 1 aromatic carbocycles. The number of amides is 1. The van der Waals surface area contributed by atoms with E-state index in [1.165, 1.54) is 0 Å². The molecule has 8 nitrogen and oxygen atoms in total. The molecule has 2 aromatic heterocycles. The Hall–Kier alpha value is -2.88. The molecule has 2 unspecified atom stereocenters. The summed E-state index contributed by atoms with van der Waals surface area (Å²) in [5.41, 5.74) is 1.24. The summed E-state index contributed by atoms with van der Waals surface area (Å²) in [4.78, 5) is 30.0. The van der Waals surface area contributed by atoms with Crippen LogP contribution in [0.1, 0.15) is 58.1 Å². The quantitative estimate of drug-likeness (QED) is 0.398. The van der Waals surface area contributed by atoms with Gasteiger partial charge >= 0.3 is 0 Å². The second-order valence-corrected chi connectivity index (χ2v) is 10.9. The van der Waals surface area contributed by atoms with Crippen LogP contribution in [0.15, 0.2) is 36.8 Å². The highest BCUT2D eigenvalue weighted by Crippen LogP contribution is 2.35. The second kappa shape index (κ2) is 10.8. The molecular formula is C26H29Cl2FN6O2. The van der Waals surface area contributed by atoms with Crippen LogP contribution in [0.5, 0.6) is 0 Å². The lowest BCUT2D eigenvalue weighted by Gasteiger charge is -2.30. The third kappa shape index (κ3) is 6.34. The third-order valence-electron chi connectivity index (χ3n) is 6.09. The number of ether oxygens (including phenoxy) is 1. The van der Waals surface area contributed by atoms with Crippen molar-refractivity contribution >= 4 is 35.1 Å². The Bertz CT molecular complexity index is 1290. The molecule has 1 amide bonds. The van der Waals surface area contributed by atoms with Crippen molar-refractivity contribution in [2.75, 3.05) is 11.9 Å². The van der Waals surface area contributed by atoms with Gasteiger partial charge in [-0.1, -0.05) is 29.3 Å². The lowest BCUT2D eigenvalue weighted by atomic mass is 9.87. The number of benzene rings is 1. The van der Waals surface area contributed by atoms with Crippen molar-refractivity contribution < 1.29 is 13.9 Å². The highest BCUT2D eigenvalue weighted by molar-refractivity contribution is 6.42. The molecule has 11 heteroatoms. The van der Waals surface area contributed by atoms with Gasteiger partial charge in [0.2, 0.25) is 11.9 Å². The van der Waals surface area contributed by atoms with Crippen LogP contribution in [-0.2, 0) is 9.53 Å². The molecule has 4 rings (SSSR count). The maximum Gasteiger partial charge on any atom is 0.229 e. The fraction of sp³-hybridized carbons (Fsp3) is 0.423. The van der Waals surface area contributed by atoms with E-state index in [4.69, 9.17) is 27.9 Å². The highest BCUT2D eigenvalue weighted by Gasteiger charge is 2.43. The second-order valence-electron chi connectivity index (χ2n) is 10.1. The summed E-state index contributed by atoms with van der Waals surface area (Å²) in [6, 6.07) is 4.91. The molecule has 196 valence electrons. The molecule has 0 bridgehead atoms. The van der Waals surface area contributed by atoms with E-state index in [1.807, 2.05) is 40.7 Å². The van der Waals surface area contributed by atoms with Crippen LogP contribution in [0.2, 0.25) is 10.0 Å². The lowest BCUT2D eigenvalue weighted by molar-refractivity contribution is -0.122. The fourth-order valence-electron chi connectivity index (χ4n) is 4.36. The first-order chi connectivity index (χ1) is 17.4. The SMILES string of the molecule is CC(Nc1ncc(F)c(C2C(=O)NC[C@@H]2[C@@H](C)OC(C)(C)C)n1)c1ncc(-c2ccc(Cl)c(Cl)c2)cn1. The first kappa shape index (κ1) is 27.2. The number of hydrogen-bond donors (Lipinski definition) is 2. The number of nitrogens with one attached hydrogen (secondary N) is 2. The average Bonchev–Trinajstić information content (AvgIpc) is 3.22. The molecule has 2 N–H and O–H groups in total. The van der Waals surface area contributed by atoms with Gasteiger partial charge in [0.25, 0.3) is 0 Å². The molecule has 0 radical (unpaired) electrons. The van der Waals surface area contributed by atoms with Crippen LogP contribution in [0, 0.1) is 11.7 Å². The minimum atomic E-state index is -0.794. The number of hydrogen-bond acceptors (Lipinski definition) is 7. The van der Waals surface area contributed by atoms with Crippen molar-refractivity contribution in [1.29, 1.82) is 0 Å². The van der Waals surface area contributed by atoms with Gasteiger partial charge in [-0.05, 0) is 52.3 Å². The number of aromatic nitrogens is 4. The minimum absolute atomic E-state index is 0.0324. The Morgan fingerprint density at radius 1 is 1.08 bits per heavy atom. The zero-order valence-corrected chi connectivity index (χ0v) is 22.7. The topological polar surface area (TPSA) is 102 Å². The summed E-state index contributed by atoms with van der Waals surface area (Å²) in [5, 5.41) is 6.84. The van der Waals surface area contributed by atoms with E-state index in [2.05, 4.69) is 30.6 Å². The van der Waals surface area contributed by atoms with E-state index in [0.29, 0.717) is 22.4 Å². The number of halogens is 3. The Morgan fingerprint density at radius 2 is 1.78 bits per heavy atom. The van der Waals surface area contributed by atoms with E-state index < -0.39 is 23.4 Å². The fourth-order valence-corrected chi connectivity index (χ4v) is 4.66. The Labute approximate surface area is 225 Å². The summed E-state index contributed by atoms with van der Waals surface area (Å²) in [6.07, 6.45) is 4.14. The number of carbonyl (C=O) groups is 1. The molecule has 37 heavy (non-hydrogen) atoms. The maximum atomic E-state index is 14.9. The van der Waals surface area contributed by atoms with Gasteiger partial charge in [-0.25, -0.2) is 24.3 Å². The van der Waals surface area contributed by atoms with Gasteiger partial charge < -0.3 is 15.4 Å². The normalized spacial score (nSPS) is 19.4. The minimum Gasteiger partial charge on any atom is -0.373 e.